The fraction of sp³-hybridized carbons (Fsp3) is 1.00. The van der Waals surface area contributed by atoms with Gasteiger partial charge in [-0.05, 0) is 11.8 Å². The van der Waals surface area contributed by atoms with E-state index in [0.717, 1.165) is 0 Å². The third kappa shape index (κ3) is 5.17. The lowest BCUT2D eigenvalue weighted by atomic mass is 10.2. The van der Waals surface area contributed by atoms with E-state index in [2.05, 4.69) is 0 Å². The summed E-state index contributed by atoms with van der Waals surface area (Å²) in [6.07, 6.45) is 0. The second-order valence-corrected chi connectivity index (χ2v) is 6.64. The average Bonchev–Trinajstić information content (AvgIpc) is 2.02. The quantitative estimate of drug-likeness (QED) is 0.665. The highest BCUT2D eigenvalue weighted by atomic mass is 35.5. The van der Waals surface area contributed by atoms with Gasteiger partial charge in [-0.2, -0.15) is 0 Å². The molecule has 1 atom stereocenters. The van der Waals surface area contributed by atoms with Gasteiger partial charge in [0.2, 0.25) is 10.0 Å². The number of hydrogen-bond acceptors (Lipinski definition) is 2. The molecule has 0 saturated heterocycles. The van der Waals surface area contributed by atoms with Crippen LogP contribution in [0.4, 0.5) is 0 Å². The van der Waals surface area contributed by atoms with Gasteiger partial charge in [0, 0.05) is 19.5 Å². The molecule has 1 unspecified atom stereocenters. The average molecular weight is 242 g/mol. The van der Waals surface area contributed by atoms with Gasteiger partial charge in [-0.15, -0.1) is 11.6 Å². The first kappa shape index (κ1) is 14.2. The van der Waals surface area contributed by atoms with Crippen LogP contribution in [0.25, 0.3) is 0 Å². The Morgan fingerprint density at radius 2 is 1.79 bits per heavy atom. The van der Waals surface area contributed by atoms with Crippen molar-refractivity contribution < 1.29 is 8.42 Å². The molecule has 0 rings (SSSR count). The zero-order valence-electron chi connectivity index (χ0n) is 9.33. The zero-order chi connectivity index (χ0) is 11.4. The van der Waals surface area contributed by atoms with E-state index in [1.807, 2.05) is 20.8 Å². The van der Waals surface area contributed by atoms with Gasteiger partial charge in [-0.25, -0.2) is 12.7 Å². The summed E-state index contributed by atoms with van der Waals surface area (Å²) in [5, 5.41) is 0. The summed E-state index contributed by atoms with van der Waals surface area (Å²) in [5.74, 6) is 0.881. The second kappa shape index (κ2) is 5.93. The molecule has 5 heteroatoms. The van der Waals surface area contributed by atoms with Crippen LogP contribution < -0.4 is 0 Å². The molecular weight excluding hydrogens is 222 g/mol. The minimum Gasteiger partial charge on any atom is -0.212 e. The molecule has 0 spiro atoms. The highest BCUT2D eigenvalue weighted by Crippen LogP contribution is 2.09. The SMILES string of the molecule is CC(C)CN(C)S(=O)(=O)CC(C)CCl. The standard InChI is InChI=1S/C9H20ClNO2S/c1-8(2)6-11(4)14(12,13)7-9(3)5-10/h8-9H,5-7H2,1-4H3. The van der Waals surface area contributed by atoms with E-state index in [9.17, 15) is 8.42 Å². The number of alkyl halides is 1. The van der Waals surface area contributed by atoms with Gasteiger partial charge in [0.1, 0.15) is 0 Å². The Hall–Kier alpha value is 0.200. The highest BCUT2D eigenvalue weighted by molar-refractivity contribution is 7.89. The van der Waals surface area contributed by atoms with Crippen molar-refractivity contribution in [2.75, 3.05) is 25.2 Å². The zero-order valence-corrected chi connectivity index (χ0v) is 10.9. The molecule has 0 saturated carbocycles. The van der Waals surface area contributed by atoms with Gasteiger partial charge in [-0.1, -0.05) is 20.8 Å². The van der Waals surface area contributed by atoms with Crippen molar-refractivity contribution in [2.45, 2.75) is 20.8 Å². The molecule has 0 aromatic rings. The minimum atomic E-state index is -3.12. The number of rotatable bonds is 6. The Morgan fingerprint density at radius 3 is 2.14 bits per heavy atom. The van der Waals surface area contributed by atoms with Crippen LogP contribution in [-0.2, 0) is 10.0 Å². The molecule has 0 aromatic carbocycles. The van der Waals surface area contributed by atoms with E-state index in [-0.39, 0.29) is 11.7 Å². The van der Waals surface area contributed by atoms with Crippen LogP contribution in [0, 0.1) is 11.8 Å². The van der Waals surface area contributed by atoms with E-state index in [4.69, 9.17) is 11.6 Å². The van der Waals surface area contributed by atoms with Crippen molar-refractivity contribution in [3.8, 4) is 0 Å². The Morgan fingerprint density at radius 1 is 1.29 bits per heavy atom. The van der Waals surface area contributed by atoms with Crippen molar-refractivity contribution in [3.05, 3.63) is 0 Å². The highest BCUT2D eigenvalue weighted by Gasteiger charge is 2.21. The van der Waals surface area contributed by atoms with Crippen molar-refractivity contribution in [1.82, 2.24) is 4.31 Å². The first-order chi connectivity index (χ1) is 6.29. The molecule has 0 bridgehead atoms. The van der Waals surface area contributed by atoms with Crippen molar-refractivity contribution in [3.63, 3.8) is 0 Å². The third-order valence-electron chi connectivity index (χ3n) is 1.86. The number of sulfonamides is 1. The maximum atomic E-state index is 11.7. The van der Waals surface area contributed by atoms with E-state index in [1.54, 1.807) is 7.05 Å². The lowest BCUT2D eigenvalue weighted by molar-refractivity contribution is 0.413. The second-order valence-electron chi connectivity index (χ2n) is 4.21. The maximum absolute atomic E-state index is 11.7. The topological polar surface area (TPSA) is 37.4 Å². The van der Waals surface area contributed by atoms with Crippen LogP contribution in [0.2, 0.25) is 0 Å². The van der Waals surface area contributed by atoms with Crippen LogP contribution in [0.3, 0.4) is 0 Å². The predicted molar refractivity (Wildman–Crippen MR) is 61.1 cm³/mol. The van der Waals surface area contributed by atoms with Crippen LogP contribution in [0.15, 0.2) is 0 Å². The largest absolute Gasteiger partial charge is 0.214 e. The fourth-order valence-electron chi connectivity index (χ4n) is 1.16. The first-order valence-corrected chi connectivity index (χ1v) is 6.94. The summed E-state index contributed by atoms with van der Waals surface area (Å²) in [7, 11) is -1.50. The molecule has 86 valence electrons. The maximum Gasteiger partial charge on any atom is 0.214 e. The number of halogens is 1. The third-order valence-corrected chi connectivity index (χ3v) is 4.47. The van der Waals surface area contributed by atoms with Gasteiger partial charge in [-0.3, -0.25) is 0 Å². The van der Waals surface area contributed by atoms with Crippen molar-refractivity contribution in [2.24, 2.45) is 11.8 Å². The molecule has 14 heavy (non-hydrogen) atoms. The Balaban J connectivity index is 4.31. The summed E-state index contributed by atoms with van der Waals surface area (Å²) in [6.45, 7) is 6.40. The molecular formula is C9H20ClNO2S. The fourth-order valence-corrected chi connectivity index (χ4v) is 3.01. The smallest absolute Gasteiger partial charge is 0.212 e. The van der Waals surface area contributed by atoms with Crippen molar-refractivity contribution >= 4 is 21.6 Å². The molecule has 0 fully saturated rings. The Bertz CT molecular complexity index is 252. The summed E-state index contributed by atoms with van der Waals surface area (Å²) in [4.78, 5) is 0. The number of nitrogens with zero attached hydrogens (tertiary/aromatic N) is 1. The summed E-state index contributed by atoms with van der Waals surface area (Å²) >= 11 is 5.59. The van der Waals surface area contributed by atoms with Gasteiger partial charge in [0.25, 0.3) is 0 Å². The molecule has 0 radical (unpaired) electrons. The van der Waals surface area contributed by atoms with E-state index >= 15 is 0 Å². The van der Waals surface area contributed by atoms with Crippen LogP contribution in [0.1, 0.15) is 20.8 Å². The molecule has 3 nitrogen and oxygen atoms in total. The molecule has 0 aliphatic heterocycles. The predicted octanol–water partition coefficient (Wildman–Crippen LogP) is 1.78. The summed E-state index contributed by atoms with van der Waals surface area (Å²) in [5.41, 5.74) is 0. The number of hydrogen-bond donors (Lipinski definition) is 0. The summed E-state index contributed by atoms with van der Waals surface area (Å²) in [6, 6.07) is 0. The van der Waals surface area contributed by atoms with Crippen LogP contribution in [0.5, 0.6) is 0 Å². The molecule has 0 amide bonds. The summed E-state index contributed by atoms with van der Waals surface area (Å²) < 4.78 is 24.8. The Kier molecular flexibility index (Phi) is 6.02. The lowest BCUT2D eigenvalue weighted by Crippen LogP contribution is -2.34. The lowest BCUT2D eigenvalue weighted by Gasteiger charge is -2.20. The van der Waals surface area contributed by atoms with Gasteiger partial charge < -0.3 is 0 Å². The molecule has 0 aliphatic rings. The van der Waals surface area contributed by atoms with Crippen LogP contribution in [-0.4, -0.2) is 37.9 Å². The monoisotopic (exact) mass is 241 g/mol. The minimum absolute atomic E-state index is 0.0104. The van der Waals surface area contributed by atoms with Crippen LogP contribution >= 0.6 is 11.6 Å². The molecule has 0 heterocycles. The normalized spacial score (nSPS) is 15.1. The molecule has 0 aliphatic carbocycles. The van der Waals surface area contributed by atoms with E-state index < -0.39 is 10.0 Å². The Labute approximate surface area is 92.5 Å². The molecule has 0 N–H and O–H groups in total. The van der Waals surface area contributed by atoms with Gasteiger partial charge in [0.15, 0.2) is 0 Å². The van der Waals surface area contributed by atoms with Gasteiger partial charge in [0.05, 0.1) is 5.75 Å². The molecule has 0 aromatic heterocycles. The van der Waals surface area contributed by atoms with Gasteiger partial charge >= 0.3 is 0 Å². The van der Waals surface area contributed by atoms with Crippen molar-refractivity contribution in [1.29, 1.82) is 0 Å². The van der Waals surface area contributed by atoms with E-state index in [0.29, 0.717) is 18.3 Å². The first-order valence-electron chi connectivity index (χ1n) is 4.79. The van der Waals surface area contributed by atoms with E-state index in [1.165, 1.54) is 4.31 Å².